The Hall–Kier alpha value is -2.14. The number of carbonyl (C=O) groups excluding carboxylic acids is 1. The molecule has 0 saturated heterocycles. The number of aromatic nitrogens is 2. The van der Waals surface area contributed by atoms with Crippen molar-refractivity contribution in [2.75, 3.05) is 7.11 Å². The highest BCUT2D eigenvalue weighted by atomic mass is 16.5. The monoisotopic (exact) mass is 259 g/mol. The van der Waals surface area contributed by atoms with Crippen LogP contribution in [-0.2, 0) is 9.53 Å². The lowest BCUT2D eigenvalue weighted by Gasteiger charge is -2.10. The summed E-state index contributed by atoms with van der Waals surface area (Å²) in [5, 5.41) is 4.45. The van der Waals surface area contributed by atoms with E-state index in [4.69, 9.17) is 10.5 Å². The molecule has 0 saturated carbocycles. The molecule has 2 rings (SSSR count). The summed E-state index contributed by atoms with van der Waals surface area (Å²) >= 11 is 0. The Kier molecular flexibility index (Phi) is 3.66. The van der Waals surface area contributed by atoms with E-state index in [9.17, 15) is 4.79 Å². The van der Waals surface area contributed by atoms with Gasteiger partial charge in [0.1, 0.15) is 6.04 Å². The van der Waals surface area contributed by atoms with Crippen LogP contribution in [0.2, 0.25) is 0 Å². The fourth-order valence-electron chi connectivity index (χ4n) is 2.17. The molecule has 0 aliphatic rings. The van der Waals surface area contributed by atoms with E-state index in [1.54, 1.807) is 4.68 Å². The molecule has 1 atom stereocenters. The van der Waals surface area contributed by atoms with Gasteiger partial charge in [-0.3, -0.25) is 4.79 Å². The van der Waals surface area contributed by atoms with Crippen molar-refractivity contribution in [3.05, 3.63) is 47.3 Å². The van der Waals surface area contributed by atoms with Gasteiger partial charge in [0.25, 0.3) is 0 Å². The van der Waals surface area contributed by atoms with Gasteiger partial charge in [0.15, 0.2) is 0 Å². The second-order valence-electron chi connectivity index (χ2n) is 4.33. The van der Waals surface area contributed by atoms with E-state index in [0.29, 0.717) is 0 Å². The highest BCUT2D eigenvalue weighted by Gasteiger charge is 2.24. The third-order valence-corrected chi connectivity index (χ3v) is 3.11. The minimum atomic E-state index is -0.803. The van der Waals surface area contributed by atoms with Crippen LogP contribution in [0.15, 0.2) is 30.3 Å². The van der Waals surface area contributed by atoms with E-state index >= 15 is 0 Å². The summed E-state index contributed by atoms with van der Waals surface area (Å²) in [6.07, 6.45) is 0. The number of hydrogen-bond acceptors (Lipinski definition) is 4. The predicted molar refractivity (Wildman–Crippen MR) is 72.0 cm³/mol. The molecule has 2 N–H and O–H groups in total. The molecule has 1 aromatic heterocycles. The molecular weight excluding hydrogens is 242 g/mol. The number of rotatable bonds is 3. The lowest BCUT2D eigenvalue weighted by molar-refractivity contribution is -0.142. The summed E-state index contributed by atoms with van der Waals surface area (Å²) in [5.41, 5.74) is 9.15. The second kappa shape index (κ2) is 5.24. The SMILES string of the molecule is COC(=O)C(N)c1c(C)nn(-c2ccccc2)c1C. The first-order valence-corrected chi connectivity index (χ1v) is 6.01. The highest BCUT2D eigenvalue weighted by molar-refractivity contribution is 5.78. The lowest BCUT2D eigenvalue weighted by Crippen LogP contribution is -2.23. The third-order valence-electron chi connectivity index (χ3n) is 3.11. The van der Waals surface area contributed by atoms with Crippen molar-refractivity contribution < 1.29 is 9.53 Å². The number of nitrogens with two attached hydrogens (primary N) is 1. The van der Waals surface area contributed by atoms with Gasteiger partial charge in [-0.1, -0.05) is 18.2 Å². The van der Waals surface area contributed by atoms with Gasteiger partial charge >= 0.3 is 5.97 Å². The number of esters is 1. The van der Waals surface area contributed by atoms with E-state index in [1.807, 2.05) is 44.2 Å². The summed E-state index contributed by atoms with van der Waals surface area (Å²) in [6, 6.07) is 8.91. The molecule has 0 radical (unpaired) electrons. The summed E-state index contributed by atoms with van der Waals surface area (Å²) in [5.74, 6) is -0.459. The first-order chi connectivity index (χ1) is 9.06. The largest absolute Gasteiger partial charge is 0.468 e. The van der Waals surface area contributed by atoms with E-state index in [0.717, 1.165) is 22.6 Å². The summed E-state index contributed by atoms with van der Waals surface area (Å²) in [7, 11) is 1.33. The van der Waals surface area contributed by atoms with Crippen LogP contribution in [-0.4, -0.2) is 22.9 Å². The van der Waals surface area contributed by atoms with Crippen LogP contribution in [0, 0.1) is 13.8 Å². The molecule has 100 valence electrons. The standard InChI is InChI=1S/C14H17N3O2/c1-9-12(13(15)14(18)19-3)10(2)17(16-9)11-7-5-4-6-8-11/h4-8,13H,15H2,1-3H3. The average Bonchev–Trinajstić information content (AvgIpc) is 2.73. The number of nitrogens with zero attached hydrogens (tertiary/aromatic N) is 2. The van der Waals surface area contributed by atoms with Gasteiger partial charge in [-0.15, -0.1) is 0 Å². The van der Waals surface area contributed by atoms with Gasteiger partial charge in [-0.2, -0.15) is 5.10 Å². The topological polar surface area (TPSA) is 70.1 Å². The molecule has 5 heteroatoms. The van der Waals surface area contributed by atoms with Crippen LogP contribution in [0.3, 0.4) is 0 Å². The first-order valence-electron chi connectivity index (χ1n) is 6.01. The molecule has 5 nitrogen and oxygen atoms in total. The van der Waals surface area contributed by atoms with Gasteiger partial charge in [-0.05, 0) is 26.0 Å². The molecular formula is C14H17N3O2. The maximum absolute atomic E-state index is 11.6. The van der Waals surface area contributed by atoms with Gasteiger partial charge in [0.05, 0.1) is 18.5 Å². The quantitative estimate of drug-likeness (QED) is 0.851. The van der Waals surface area contributed by atoms with Crippen molar-refractivity contribution in [2.45, 2.75) is 19.9 Å². The lowest BCUT2D eigenvalue weighted by atomic mass is 10.1. The summed E-state index contributed by atoms with van der Waals surface area (Å²) in [6.45, 7) is 3.73. The molecule has 0 amide bonds. The van der Waals surface area contributed by atoms with Crippen molar-refractivity contribution in [1.82, 2.24) is 9.78 Å². The smallest absolute Gasteiger partial charge is 0.327 e. The number of hydrogen-bond donors (Lipinski definition) is 1. The van der Waals surface area contributed by atoms with Crippen LogP contribution in [0.1, 0.15) is 23.0 Å². The zero-order valence-corrected chi connectivity index (χ0v) is 11.3. The Morgan fingerprint density at radius 2 is 1.95 bits per heavy atom. The molecule has 0 aliphatic heterocycles. The fourth-order valence-corrected chi connectivity index (χ4v) is 2.17. The predicted octanol–water partition coefficient (Wildman–Crippen LogP) is 1.66. The molecule has 1 heterocycles. The molecule has 0 aliphatic carbocycles. The van der Waals surface area contributed by atoms with Crippen LogP contribution >= 0.6 is 0 Å². The first kappa shape index (κ1) is 13.3. The highest BCUT2D eigenvalue weighted by Crippen LogP contribution is 2.23. The minimum absolute atomic E-state index is 0.459. The Bertz CT molecular complexity index is 590. The van der Waals surface area contributed by atoms with Crippen LogP contribution in [0.25, 0.3) is 5.69 Å². The van der Waals surface area contributed by atoms with Crippen molar-refractivity contribution in [3.8, 4) is 5.69 Å². The number of methoxy groups -OCH3 is 1. The summed E-state index contributed by atoms with van der Waals surface area (Å²) in [4.78, 5) is 11.6. The van der Waals surface area contributed by atoms with Crippen molar-refractivity contribution in [2.24, 2.45) is 5.73 Å². The molecule has 1 aromatic carbocycles. The molecule has 0 fully saturated rings. The van der Waals surface area contributed by atoms with E-state index < -0.39 is 12.0 Å². The molecule has 0 spiro atoms. The van der Waals surface area contributed by atoms with Crippen molar-refractivity contribution >= 4 is 5.97 Å². The average molecular weight is 259 g/mol. The summed E-state index contributed by atoms with van der Waals surface area (Å²) < 4.78 is 6.48. The van der Waals surface area contributed by atoms with Gasteiger partial charge in [0.2, 0.25) is 0 Å². The van der Waals surface area contributed by atoms with E-state index in [1.165, 1.54) is 7.11 Å². The zero-order valence-electron chi connectivity index (χ0n) is 11.3. The minimum Gasteiger partial charge on any atom is -0.468 e. The van der Waals surface area contributed by atoms with E-state index in [-0.39, 0.29) is 0 Å². The Labute approximate surface area is 112 Å². The molecule has 2 aromatic rings. The normalized spacial score (nSPS) is 12.2. The fraction of sp³-hybridized carbons (Fsp3) is 0.286. The molecule has 19 heavy (non-hydrogen) atoms. The maximum Gasteiger partial charge on any atom is 0.327 e. The van der Waals surface area contributed by atoms with Crippen LogP contribution in [0.4, 0.5) is 0 Å². The maximum atomic E-state index is 11.6. The Morgan fingerprint density at radius 1 is 1.32 bits per heavy atom. The van der Waals surface area contributed by atoms with E-state index in [2.05, 4.69) is 5.10 Å². The van der Waals surface area contributed by atoms with Crippen LogP contribution in [0.5, 0.6) is 0 Å². The molecule has 0 bridgehead atoms. The number of para-hydroxylation sites is 1. The Morgan fingerprint density at radius 3 is 2.53 bits per heavy atom. The Balaban J connectivity index is 2.49. The number of benzene rings is 1. The zero-order chi connectivity index (χ0) is 14.0. The number of carbonyl (C=O) groups is 1. The third kappa shape index (κ3) is 2.37. The number of ether oxygens (including phenoxy) is 1. The van der Waals surface area contributed by atoms with Crippen LogP contribution < -0.4 is 5.73 Å². The van der Waals surface area contributed by atoms with Crippen molar-refractivity contribution in [3.63, 3.8) is 0 Å². The van der Waals surface area contributed by atoms with Gasteiger partial charge in [-0.25, -0.2) is 4.68 Å². The van der Waals surface area contributed by atoms with Gasteiger partial charge < -0.3 is 10.5 Å². The second-order valence-corrected chi connectivity index (χ2v) is 4.33. The molecule has 1 unspecified atom stereocenters. The number of aryl methyl sites for hydroxylation is 1. The van der Waals surface area contributed by atoms with Crippen molar-refractivity contribution in [1.29, 1.82) is 0 Å². The van der Waals surface area contributed by atoms with Gasteiger partial charge in [0, 0.05) is 11.3 Å².